The fraction of sp³-hybridized carbons (Fsp3) is 0.238. The number of hydrogen-bond acceptors (Lipinski definition) is 4. The quantitative estimate of drug-likeness (QED) is 0.701. The summed E-state index contributed by atoms with van der Waals surface area (Å²) in [6.07, 6.45) is 5.76. The molecule has 0 radical (unpaired) electrons. The van der Waals surface area contributed by atoms with E-state index in [1.807, 2.05) is 31.2 Å². The first-order valence-corrected chi connectivity index (χ1v) is 8.68. The van der Waals surface area contributed by atoms with E-state index in [-0.39, 0.29) is 11.9 Å². The second-order valence-corrected chi connectivity index (χ2v) is 6.27. The van der Waals surface area contributed by atoms with Gasteiger partial charge in [0.1, 0.15) is 17.2 Å². The molecule has 0 saturated heterocycles. The number of likely N-dealkylation sites (N-methyl/N-ethyl adjacent to an activating group) is 1. The first kappa shape index (κ1) is 17.7. The van der Waals surface area contributed by atoms with E-state index < -0.39 is 0 Å². The van der Waals surface area contributed by atoms with Gasteiger partial charge in [0.25, 0.3) is 0 Å². The standard InChI is InChI=1S/C21H23N3O2/c1-4-16-17-7-5-6-8-18(17)26-21(16)14(2)24(3)20(25)12-10-15-9-11-19(22)23-13-15/h5-14H,4H2,1-3H3,(H2,22,23)/t14-/m1/s1. The molecule has 5 nitrogen and oxygen atoms in total. The summed E-state index contributed by atoms with van der Waals surface area (Å²) in [4.78, 5) is 18.3. The van der Waals surface area contributed by atoms with Crippen molar-refractivity contribution in [3.05, 3.63) is 65.6 Å². The summed E-state index contributed by atoms with van der Waals surface area (Å²) in [5, 5.41) is 1.11. The van der Waals surface area contributed by atoms with Gasteiger partial charge in [-0.25, -0.2) is 4.98 Å². The van der Waals surface area contributed by atoms with Crippen LogP contribution in [0.3, 0.4) is 0 Å². The molecule has 1 atom stereocenters. The van der Waals surface area contributed by atoms with Gasteiger partial charge in [-0.1, -0.05) is 25.1 Å². The van der Waals surface area contributed by atoms with Crippen molar-refractivity contribution in [1.29, 1.82) is 0 Å². The molecule has 0 saturated carbocycles. The molecule has 0 aliphatic heterocycles. The Morgan fingerprint density at radius 2 is 2.08 bits per heavy atom. The van der Waals surface area contributed by atoms with E-state index in [2.05, 4.69) is 18.0 Å². The molecular formula is C21H23N3O2. The summed E-state index contributed by atoms with van der Waals surface area (Å²) in [6, 6.07) is 11.3. The molecule has 0 unspecified atom stereocenters. The van der Waals surface area contributed by atoms with Crippen molar-refractivity contribution >= 4 is 28.8 Å². The van der Waals surface area contributed by atoms with Gasteiger partial charge in [0.05, 0.1) is 6.04 Å². The molecule has 0 bridgehead atoms. The molecule has 1 amide bonds. The van der Waals surface area contributed by atoms with Gasteiger partial charge < -0.3 is 15.1 Å². The number of nitrogens with zero attached hydrogens (tertiary/aromatic N) is 2. The number of nitrogen functional groups attached to an aromatic ring is 1. The van der Waals surface area contributed by atoms with Crippen LogP contribution in [0.1, 0.15) is 36.8 Å². The Labute approximate surface area is 153 Å². The van der Waals surface area contributed by atoms with Gasteiger partial charge in [0.15, 0.2) is 0 Å². The van der Waals surface area contributed by atoms with Gasteiger partial charge >= 0.3 is 0 Å². The van der Waals surface area contributed by atoms with Gasteiger partial charge in [0.2, 0.25) is 5.91 Å². The summed E-state index contributed by atoms with van der Waals surface area (Å²) in [5.74, 6) is 1.19. The molecule has 3 aromatic rings. The number of nitrogens with two attached hydrogens (primary N) is 1. The second-order valence-electron chi connectivity index (χ2n) is 6.27. The van der Waals surface area contributed by atoms with Gasteiger partial charge in [-0.15, -0.1) is 0 Å². The number of furan rings is 1. The minimum atomic E-state index is -0.168. The molecule has 1 aromatic carbocycles. The zero-order chi connectivity index (χ0) is 18.7. The molecular weight excluding hydrogens is 326 g/mol. The molecule has 5 heteroatoms. The van der Waals surface area contributed by atoms with Crippen LogP contribution in [0, 0.1) is 0 Å². The van der Waals surface area contributed by atoms with E-state index in [9.17, 15) is 4.79 Å². The fourth-order valence-corrected chi connectivity index (χ4v) is 2.99. The average molecular weight is 349 g/mol. The Morgan fingerprint density at radius 1 is 1.31 bits per heavy atom. The number of aromatic nitrogens is 1. The monoisotopic (exact) mass is 349 g/mol. The summed E-state index contributed by atoms with van der Waals surface area (Å²) < 4.78 is 6.06. The lowest BCUT2D eigenvalue weighted by Crippen LogP contribution is -2.28. The van der Waals surface area contributed by atoms with Crippen molar-refractivity contribution in [2.45, 2.75) is 26.3 Å². The van der Waals surface area contributed by atoms with Crippen LogP contribution in [0.2, 0.25) is 0 Å². The third kappa shape index (κ3) is 3.47. The maximum absolute atomic E-state index is 12.6. The Hall–Kier alpha value is -3.08. The molecule has 3 rings (SSSR count). The smallest absolute Gasteiger partial charge is 0.246 e. The lowest BCUT2D eigenvalue weighted by atomic mass is 10.0. The van der Waals surface area contributed by atoms with Crippen LogP contribution in [0.25, 0.3) is 17.0 Å². The number of para-hydroxylation sites is 1. The van der Waals surface area contributed by atoms with E-state index >= 15 is 0 Å². The van der Waals surface area contributed by atoms with Crippen LogP contribution in [0.4, 0.5) is 5.82 Å². The minimum absolute atomic E-state index is 0.100. The number of hydrogen-bond donors (Lipinski definition) is 1. The molecule has 26 heavy (non-hydrogen) atoms. The van der Waals surface area contributed by atoms with Crippen molar-refractivity contribution in [2.75, 3.05) is 12.8 Å². The first-order chi connectivity index (χ1) is 12.5. The van der Waals surface area contributed by atoms with Crippen LogP contribution < -0.4 is 5.73 Å². The molecule has 2 heterocycles. The molecule has 2 N–H and O–H groups in total. The molecule has 134 valence electrons. The van der Waals surface area contributed by atoms with Gasteiger partial charge in [-0.05, 0) is 43.2 Å². The number of rotatable bonds is 5. The van der Waals surface area contributed by atoms with Crippen molar-refractivity contribution in [3.8, 4) is 0 Å². The number of anilines is 1. The summed E-state index contributed by atoms with van der Waals surface area (Å²) in [6.45, 7) is 4.08. The first-order valence-electron chi connectivity index (χ1n) is 8.68. The molecule has 0 aliphatic carbocycles. The van der Waals surface area contributed by atoms with Crippen LogP contribution >= 0.6 is 0 Å². The topological polar surface area (TPSA) is 72.4 Å². The highest BCUT2D eigenvalue weighted by Gasteiger charge is 2.23. The second kappa shape index (κ2) is 7.44. The molecule has 0 aliphatic rings. The maximum atomic E-state index is 12.6. The summed E-state index contributed by atoms with van der Waals surface area (Å²) in [7, 11) is 1.78. The number of carbonyl (C=O) groups excluding carboxylic acids is 1. The lowest BCUT2D eigenvalue weighted by Gasteiger charge is -2.23. The third-order valence-corrected chi connectivity index (χ3v) is 4.62. The Morgan fingerprint density at radius 3 is 2.77 bits per heavy atom. The number of carbonyl (C=O) groups is 1. The average Bonchev–Trinajstić information content (AvgIpc) is 3.04. The van der Waals surface area contributed by atoms with E-state index in [1.165, 1.54) is 6.08 Å². The van der Waals surface area contributed by atoms with Crippen LogP contribution in [0.5, 0.6) is 0 Å². The number of benzene rings is 1. The van der Waals surface area contributed by atoms with E-state index in [4.69, 9.17) is 10.2 Å². The van der Waals surface area contributed by atoms with Crippen LogP contribution in [-0.4, -0.2) is 22.8 Å². The van der Waals surface area contributed by atoms with E-state index in [0.29, 0.717) is 5.82 Å². The van der Waals surface area contributed by atoms with Crippen LogP contribution in [-0.2, 0) is 11.2 Å². The Kier molecular flexibility index (Phi) is 5.07. The zero-order valence-electron chi connectivity index (χ0n) is 15.3. The van der Waals surface area contributed by atoms with Crippen molar-refractivity contribution in [2.24, 2.45) is 0 Å². The zero-order valence-corrected chi connectivity index (χ0v) is 15.3. The Bertz CT molecular complexity index is 942. The minimum Gasteiger partial charge on any atom is -0.459 e. The van der Waals surface area contributed by atoms with Crippen molar-refractivity contribution < 1.29 is 9.21 Å². The van der Waals surface area contributed by atoms with Crippen molar-refractivity contribution in [3.63, 3.8) is 0 Å². The van der Waals surface area contributed by atoms with Gasteiger partial charge in [-0.3, -0.25) is 4.79 Å². The summed E-state index contributed by atoms with van der Waals surface area (Å²) in [5.41, 5.74) is 8.41. The SMILES string of the molecule is CCc1c([C@@H](C)N(C)C(=O)C=Cc2ccc(N)nc2)oc2ccccc12. The third-order valence-electron chi connectivity index (χ3n) is 4.62. The fourth-order valence-electron chi connectivity index (χ4n) is 2.99. The number of pyridine rings is 1. The van der Waals surface area contributed by atoms with E-state index in [1.54, 1.807) is 30.3 Å². The maximum Gasteiger partial charge on any atom is 0.246 e. The van der Waals surface area contributed by atoms with E-state index in [0.717, 1.165) is 34.3 Å². The molecule has 0 spiro atoms. The van der Waals surface area contributed by atoms with Gasteiger partial charge in [-0.2, -0.15) is 0 Å². The van der Waals surface area contributed by atoms with Gasteiger partial charge in [0, 0.05) is 30.3 Å². The van der Waals surface area contributed by atoms with Crippen molar-refractivity contribution in [1.82, 2.24) is 9.88 Å². The molecule has 2 aromatic heterocycles. The highest BCUT2D eigenvalue weighted by Crippen LogP contribution is 2.32. The normalized spacial score (nSPS) is 12.6. The Balaban J connectivity index is 1.81. The highest BCUT2D eigenvalue weighted by atomic mass is 16.3. The van der Waals surface area contributed by atoms with Crippen LogP contribution in [0.15, 0.2) is 53.1 Å². The predicted molar refractivity (Wildman–Crippen MR) is 104 cm³/mol. The summed E-state index contributed by atoms with van der Waals surface area (Å²) >= 11 is 0. The lowest BCUT2D eigenvalue weighted by molar-refractivity contribution is -0.126. The number of aryl methyl sites for hydroxylation is 1. The highest BCUT2D eigenvalue weighted by molar-refractivity contribution is 5.92. The predicted octanol–water partition coefficient (Wildman–Crippen LogP) is 4.21. The number of fused-ring (bicyclic) bond motifs is 1. The molecule has 0 fully saturated rings. The largest absolute Gasteiger partial charge is 0.459 e. The number of amides is 1.